The molecule has 0 aliphatic rings. The second-order valence-corrected chi connectivity index (χ2v) is 4.56. The second kappa shape index (κ2) is 5.91. The highest BCUT2D eigenvalue weighted by Crippen LogP contribution is 2.22. The Morgan fingerprint density at radius 2 is 1.94 bits per heavy atom. The lowest BCUT2D eigenvalue weighted by Gasteiger charge is -2.06. The normalized spacial score (nSPS) is 10.4. The Morgan fingerprint density at radius 1 is 1.22 bits per heavy atom. The molecule has 0 saturated heterocycles. The Bertz CT molecular complexity index is 531. The molecule has 0 spiro atoms. The molecule has 0 aliphatic carbocycles. The minimum Gasteiger partial charge on any atom is -0.439 e. The van der Waals surface area contributed by atoms with Crippen molar-refractivity contribution in [3.8, 4) is 11.6 Å². The first-order valence-corrected chi connectivity index (χ1v) is 6.43. The zero-order valence-corrected chi connectivity index (χ0v) is 11.4. The van der Waals surface area contributed by atoms with Gasteiger partial charge in [0.15, 0.2) is 0 Å². The number of hydrogen-bond acceptors (Lipinski definition) is 3. The van der Waals surface area contributed by atoms with Crippen LogP contribution in [0.4, 0.5) is 4.39 Å². The Morgan fingerprint density at radius 3 is 2.61 bits per heavy atom. The molecule has 0 bridgehead atoms. The number of ether oxygens (including phenoxy) is 1. The summed E-state index contributed by atoms with van der Waals surface area (Å²) in [5.74, 6) is 1.43. The van der Waals surface area contributed by atoms with Crippen LogP contribution >= 0.6 is 15.9 Å². The number of rotatable bonds is 4. The van der Waals surface area contributed by atoms with E-state index in [9.17, 15) is 4.39 Å². The third kappa shape index (κ3) is 3.50. The average molecular weight is 311 g/mol. The SMILES string of the molecule is CCCc1nc(Br)cc(Oc2ccc(F)cc2)n1. The van der Waals surface area contributed by atoms with Crippen molar-refractivity contribution in [1.82, 2.24) is 9.97 Å². The molecule has 0 amide bonds. The molecule has 94 valence electrons. The van der Waals surface area contributed by atoms with Gasteiger partial charge in [-0.15, -0.1) is 0 Å². The van der Waals surface area contributed by atoms with Crippen molar-refractivity contribution in [3.63, 3.8) is 0 Å². The van der Waals surface area contributed by atoms with Crippen LogP contribution in [0.3, 0.4) is 0 Å². The minimum atomic E-state index is -0.294. The average Bonchev–Trinajstić information content (AvgIpc) is 2.32. The molecule has 2 rings (SSSR count). The van der Waals surface area contributed by atoms with Gasteiger partial charge in [-0.2, -0.15) is 4.98 Å². The van der Waals surface area contributed by atoms with E-state index in [0.29, 0.717) is 16.2 Å². The molecule has 3 nitrogen and oxygen atoms in total. The van der Waals surface area contributed by atoms with Gasteiger partial charge in [0.2, 0.25) is 5.88 Å². The molecule has 0 N–H and O–H groups in total. The number of halogens is 2. The van der Waals surface area contributed by atoms with Gasteiger partial charge < -0.3 is 4.74 Å². The smallest absolute Gasteiger partial charge is 0.223 e. The molecule has 5 heteroatoms. The summed E-state index contributed by atoms with van der Waals surface area (Å²) in [6.45, 7) is 2.06. The first-order chi connectivity index (χ1) is 8.67. The summed E-state index contributed by atoms with van der Waals surface area (Å²) in [5, 5.41) is 0. The van der Waals surface area contributed by atoms with E-state index in [1.165, 1.54) is 12.1 Å². The summed E-state index contributed by atoms with van der Waals surface area (Å²) in [6, 6.07) is 7.50. The Labute approximate surface area is 113 Å². The number of nitrogens with zero attached hydrogens (tertiary/aromatic N) is 2. The molecule has 1 heterocycles. The molecular weight excluding hydrogens is 299 g/mol. The van der Waals surface area contributed by atoms with E-state index in [-0.39, 0.29) is 5.82 Å². The van der Waals surface area contributed by atoms with Gasteiger partial charge in [-0.05, 0) is 46.6 Å². The van der Waals surface area contributed by atoms with Crippen molar-refractivity contribution in [2.24, 2.45) is 0 Å². The van der Waals surface area contributed by atoms with Crippen LogP contribution in [0.1, 0.15) is 19.2 Å². The zero-order chi connectivity index (χ0) is 13.0. The number of benzene rings is 1. The fourth-order valence-corrected chi connectivity index (χ4v) is 1.85. The highest BCUT2D eigenvalue weighted by atomic mass is 79.9. The van der Waals surface area contributed by atoms with E-state index >= 15 is 0 Å². The fraction of sp³-hybridized carbons (Fsp3) is 0.231. The Hall–Kier alpha value is -1.49. The number of aryl methyl sites for hydroxylation is 1. The van der Waals surface area contributed by atoms with Crippen molar-refractivity contribution in [3.05, 3.63) is 46.6 Å². The predicted octanol–water partition coefficient (Wildman–Crippen LogP) is 4.12. The number of aromatic nitrogens is 2. The monoisotopic (exact) mass is 310 g/mol. The van der Waals surface area contributed by atoms with Crippen LogP contribution in [0.5, 0.6) is 11.6 Å². The van der Waals surface area contributed by atoms with Crippen molar-refractivity contribution in [2.75, 3.05) is 0 Å². The van der Waals surface area contributed by atoms with Crippen LogP contribution in [0.15, 0.2) is 34.9 Å². The fourth-order valence-electron chi connectivity index (χ4n) is 1.45. The van der Waals surface area contributed by atoms with Crippen LogP contribution in [0, 0.1) is 5.82 Å². The van der Waals surface area contributed by atoms with E-state index < -0.39 is 0 Å². The van der Waals surface area contributed by atoms with Crippen molar-refractivity contribution in [2.45, 2.75) is 19.8 Å². The minimum absolute atomic E-state index is 0.294. The first-order valence-electron chi connectivity index (χ1n) is 5.64. The highest BCUT2D eigenvalue weighted by molar-refractivity contribution is 9.10. The standard InChI is InChI=1S/C13H12BrFN2O/c1-2-3-12-16-11(14)8-13(17-12)18-10-6-4-9(15)5-7-10/h4-8H,2-3H2,1H3. The lowest BCUT2D eigenvalue weighted by Crippen LogP contribution is -1.97. The van der Waals surface area contributed by atoms with E-state index in [0.717, 1.165) is 18.7 Å². The van der Waals surface area contributed by atoms with Crippen LogP contribution in [-0.4, -0.2) is 9.97 Å². The number of hydrogen-bond donors (Lipinski definition) is 0. The molecule has 0 aliphatic heterocycles. The first kappa shape index (κ1) is 13.0. The second-order valence-electron chi connectivity index (χ2n) is 3.75. The molecule has 2 aromatic rings. The molecule has 0 saturated carbocycles. The van der Waals surface area contributed by atoms with Crippen molar-refractivity contribution >= 4 is 15.9 Å². The van der Waals surface area contributed by atoms with Gasteiger partial charge in [-0.3, -0.25) is 0 Å². The summed E-state index contributed by atoms with van der Waals surface area (Å²) >= 11 is 3.32. The summed E-state index contributed by atoms with van der Waals surface area (Å²) in [4.78, 5) is 8.53. The molecule has 1 aromatic heterocycles. The van der Waals surface area contributed by atoms with Gasteiger partial charge in [-0.25, -0.2) is 9.37 Å². The quantitative estimate of drug-likeness (QED) is 0.797. The molecule has 1 aromatic carbocycles. The third-order valence-electron chi connectivity index (χ3n) is 2.23. The van der Waals surface area contributed by atoms with Crippen LogP contribution in [0.25, 0.3) is 0 Å². The third-order valence-corrected chi connectivity index (χ3v) is 2.63. The van der Waals surface area contributed by atoms with Gasteiger partial charge in [0.05, 0.1) is 0 Å². The van der Waals surface area contributed by atoms with E-state index in [1.54, 1.807) is 18.2 Å². The summed E-state index contributed by atoms with van der Waals surface area (Å²) in [5.41, 5.74) is 0. The van der Waals surface area contributed by atoms with E-state index in [2.05, 4.69) is 32.8 Å². The molecule has 18 heavy (non-hydrogen) atoms. The molecular formula is C13H12BrFN2O. The van der Waals surface area contributed by atoms with Crippen LogP contribution < -0.4 is 4.74 Å². The largest absolute Gasteiger partial charge is 0.439 e. The maximum atomic E-state index is 12.8. The van der Waals surface area contributed by atoms with Crippen molar-refractivity contribution < 1.29 is 9.13 Å². The molecule has 0 radical (unpaired) electrons. The molecule has 0 fully saturated rings. The highest BCUT2D eigenvalue weighted by Gasteiger charge is 2.05. The topological polar surface area (TPSA) is 35.0 Å². The zero-order valence-electron chi connectivity index (χ0n) is 9.86. The van der Waals surface area contributed by atoms with Gasteiger partial charge in [0.1, 0.15) is 22.0 Å². The molecule has 0 atom stereocenters. The van der Waals surface area contributed by atoms with Crippen LogP contribution in [-0.2, 0) is 6.42 Å². The molecule has 0 unspecified atom stereocenters. The Kier molecular flexibility index (Phi) is 4.25. The van der Waals surface area contributed by atoms with Gasteiger partial charge in [0.25, 0.3) is 0 Å². The lowest BCUT2D eigenvalue weighted by molar-refractivity contribution is 0.456. The maximum Gasteiger partial charge on any atom is 0.223 e. The Balaban J connectivity index is 2.20. The summed E-state index contributed by atoms with van der Waals surface area (Å²) < 4.78 is 19.0. The van der Waals surface area contributed by atoms with Gasteiger partial charge in [-0.1, -0.05) is 6.92 Å². The lowest BCUT2D eigenvalue weighted by atomic mass is 10.3. The van der Waals surface area contributed by atoms with Gasteiger partial charge in [0, 0.05) is 12.5 Å². The summed E-state index contributed by atoms with van der Waals surface area (Å²) in [7, 11) is 0. The van der Waals surface area contributed by atoms with E-state index in [1.807, 2.05) is 0 Å². The maximum absolute atomic E-state index is 12.8. The van der Waals surface area contributed by atoms with Crippen LogP contribution in [0.2, 0.25) is 0 Å². The van der Waals surface area contributed by atoms with Crippen molar-refractivity contribution in [1.29, 1.82) is 0 Å². The van der Waals surface area contributed by atoms with E-state index in [4.69, 9.17) is 4.74 Å². The summed E-state index contributed by atoms with van der Waals surface area (Å²) in [6.07, 6.45) is 1.76. The predicted molar refractivity (Wildman–Crippen MR) is 70.2 cm³/mol. The van der Waals surface area contributed by atoms with Gasteiger partial charge >= 0.3 is 0 Å².